The van der Waals surface area contributed by atoms with Crippen molar-refractivity contribution < 1.29 is 4.79 Å². The molecule has 0 N–H and O–H groups in total. The third-order valence-electron chi connectivity index (χ3n) is 3.90. The van der Waals surface area contributed by atoms with Crippen LogP contribution in [-0.4, -0.2) is 23.9 Å². The lowest BCUT2D eigenvalue weighted by Gasteiger charge is -2.17. The van der Waals surface area contributed by atoms with Gasteiger partial charge in [0, 0.05) is 13.1 Å². The van der Waals surface area contributed by atoms with Gasteiger partial charge in [0.2, 0.25) is 5.91 Å². The highest BCUT2D eigenvalue weighted by atomic mass is 16.2. The summed E-state index contributed by atoms with van der Waals surface area (Å²) in [4.78, 5) is 14.0. The van der Waals surface area contributed by atoms with E-state index in [1.54, 1.807) is 6.08 Å². The minimum absolute atomic E-state index is 0.230. The van der Waals surface area contributed by atoms with Gasteiger partial charge in [-0.3, -0.25) is 4.79 Å². The molecule has 19 heavy (non-hydrogen) atoms. The quantitative estimate of drug-likeness (QED) is 0.460. The Kier molecular flexibility index (Phi) is 9.48. The average Bonchev–Trinajstić information content (AvgIpc) is 2.70. The molecule has 2 heteroatoms. The van der Waals surface area contributed by atoms with Crippen molar-refractivity contribution in [2.45, 2.75) is 77.6 Å². The van der Waals surface area contributed by atoms with Crippen molar-refractivity contribution in [3.05, 3.63) is 12.2 Å². The first-order chi connectivity index (χ1) is 9.34. The zero-order valence-electron chi connectivity index (χ0n) is 12.7. The van der Waals surface area contributed by atoms with Gasteiger partial charge in [-0.25, -0.2) is 0 Å². The van der Waals surface area contributed by atoms with Crippen LogP contribution in [0.3, 0.4) is 0 Å². The number of unbranched alkanes of at least 4 members (excludes halogenated alkanes) is 6. The summed E-state index contributed by atoms with van der Waals surface area (Å²) in [5.74, 6) is 0.230. The van der Waals surface area contributed by atoms with Gasteiger partial charge in [0.05, 0.1) is 0 Å². The summed E-state index contributed by atoms with van der Waals surface area (Å²) in [6.07, 6.45) is 17.8. The van der Waals surface area contributed by atoms with E-state index >= 15 is 0 Å². The second kappa shape index (κ2) is 11.1. The fourth-order valence-corrected chi connectivity index (χ4v) is 2.62. The van der Waals surface area contributed by atoms with Crippen LogP contribution in [-0.2, 0) is 4.79 Å². The minimum Gasteiger partial charge on any atom is -0.339 e. The molecule has 0 spiro atoms. The number of allylic oxidation sites excluding steroid dienone is 1. The van der Waals surface area contributed by atoms with E-state index in [0.29, 0.717) is 0 Å². The van der Waals surface area contributed by atoms with E-state index in [2.05, 4.69) is 13.0 Å². The summed E-state index contributed by atoms with van der Waals surface area (Å²) >= 11 is 0. The van der Waals surface area contributed by atoms with E-state index in [1.807, 2.05) is 4.90 Å². The second-order valence-electron chi connectivity index (χ2n) is 5.70. The Labute approximate surface area is 119 Å². The van der Waals surface area contributed by atoms with Crippen LogP contribution in [0.15, 0.2) is 12.2 Å². The molecule has 1 rings (SSSR count). The van der Waals surface area contributed by atoms with Gasteiger partial charge in [-0.2, -0.15) is 0 Å². The summed E-state index contributed by atoms with van der Waals surface area (Å²) in [6, 6.07) is 0. The molecule has 0 unspecified atom stereocenters. The molecule has 0 radical (unpaired) electrons. The van der Waals surface area contributed by atoms with Gasteiger partial charge in [0.25, 0.3) is 0 Å². The van der Waals surface area contributed by atoms with Crippen LogP contribution in [0.2, 0.25) is 0 Å². The molecule has 0 atom stereocenters. The van der Waals surface area contributed by atoms with Gasteiger partial charge in [0.1, 0.15) is 0 Å². The van der Waals surface area contributed by atoms with E-state index in [9.17, 15) is 4.79 Å². The molecule has 1 saturated heterocycles. The first-order valence-corrected chi connectivity index (χ1v) is 8.30. The Bertz CT molecular complexity index is 252. The van der Waals surface area contributed by atoms with Crippen molar-refractivity contribution in [2.24, 2.45) is 0 Å². The number of carbonyl (C=O) groups is 1. The maximum absolute atomic E-state index is 12.0. The molecule has 1 amide bonds. The van der Waals surface area contributed by atoms with Gasteiger partial charge >= 0.3 is 0 Å². The largest absolute Gasteiger partial charge is 0.339 e. The van der Waals surface area contributed by atoms with Crippen LogP contribution in [0.4, 0.5) is 0 Å². The van der Waals surface area contributed by atoms with Gasteiger partial charge in [0.15, 0.2) is 0 Å². The van der Waals surface area contributed by atoms with Gasteiger partial charge in [-0.15, -0.1) is 0 Å². The maximum Gasteiger partial charge on any atom is 0.246 e. The van der Waals surface area contributed by atoms with Crippen molar-refractivity contribution >= 4 is 5.91 Å². The predicted octanol–water partition coefficient (Wildman–Crippen LogP) is 4.70. The van der Waals surface area contributed by atoms with Crippen molar-refractivity contribution in [3.63, 3.8) is 0 Å². The minimum atomic E-state index is 0.230. The van der Waals surface area contributed by atoms with Crippen LogP contribution in [0.1, 0.15) is 77.6 Å². The molecule has 0 bridgehead atoms. The third-order valence-corrected chi connectivity index (χ3v) is 3.90. The molecule has 0 aliphatic carbocycles. The molecular formula is C17H31NO. The Morgan fingerprint density at radius 2 is 1.58 bits per heavy atom. The zero-order valence-corrected chi connectivity index (χ0v) is 12.7. The first-order valence-electron chi connectivity index (χ1n) is 8.30. The molecule has 1 aliphatic rings. The number of amides is 1. The van der Waals surface area contributed by atoms with Crippen LogP contribution < -0.4 is 0 Å². The molecule has 1 fully saturated rings. The highest BCUT2D eigenvalue weighted by Crippen LogP contribution is 2.11. The molecule has 1 heterocycles. The van der Waals surface area contributed by atoms with Crippen LogP contribution in [0.5, 0.6) is 0 Å². The smallest absolute Gasteiger partial charge is 0.246 e. The fraction of sp³-hybridized carbons (Fsp3) is 0.824. The first kappa shape index (κ1) is 16.3. The summed E-state index contributed by atoms with van der Waals surface area (Å²) in [5.41, 5.74) is 0. The molecule has 0 saturated carbocycles. The average molecular weight is 265 g/mol. The highest BCUT2D eigenvalue weighted by Gasteiger charge is 2.12. The van der Waals surface area contributed by atoms with Gasteiger partial charge in [-0.05, 0) is 31.8 Å². The van der Waals surface area contributed by atoms with Crippen LogP contribution in [0.25, 0.3) is 0 Å². The summed E-state index contributed by atoms with van der Waals surface area (Å²) in [6.45, 7) is 4.16. The molecule has 0 aromatic heterocycles. The normalized spacial score (nSPS) is 16.8. The number of hydrogen-bond acceptors (Lipinski definition) is 1. The van der Waals surface area contributed by atoms with E-state index in [4.69, 9.17) is 0 Å². The highest BCUT2D eigenvalue weighted by molar-refractivity contribution is 5.87. The zero-order chi connectivity index (χ0) is 13.8. The number of nitrogens with zero attached hydrogens (tertiary/aromatic N) is 1. The molecule has 0 aromatic rings. The third kappa shape index (κ3) is 8.07. The molecular weight excluding hydrogens is 234 g/mol. The summed E-state index contributed by atoms with van der Waals surface area (Å²) < 4.78 is 0. The van der Waals surface area contributed by atoms with Crippen molar-refractivity contribution in [2.75, 3.05) is 13.1 Å². The monoisotopic (exact) mass is 265 g/mol. The lowest BCUT2D eigenvalue weighted by Crippen LogP contribution is -2.30. The summed E-state index contributed by atoms with van der Waals surface area (Å²) in [5, 5.41) is 0. The van der Waals surface area contributed by atoms with E-state index in [1.165, 1.54) is 64.2 Å². The van der Waals surface area contributed by atoms with Gasteiger partial charge in [-0.1, -0.05) is 57.9 Å². The molecule has 110 valence electrons. The Hall–Kier alpha value is -0.790. The molecule has 1 aliphatic heterocycles. The predicted molar refractivity (Wildman–Crippen MR) is 82.2 cm³/mol. The number of likely N-dealkylation sites (tertiary alicyclic amines) is 1. The lowest BCUT2D eigenvalue weighted by molar-refractivity contribution is -0.126. The molecule has 0 aromatic carbocycles. The standard InChI is InChI=1S/C17H31NO/c1-2-3-4-5-6-7-8-11-14-17(19)18-15-12-9-10-13-16-18/h11,14H,2-10,12-13,15-16H2,1H3/b14-11+. The number of hydrogen-bond donors (Lipinski definition) is 0. The number of rotatable bonds is 8. The van der Waals surface area contributed by atoms with Crippen molar-refractivity contribution in [1.82, 2.24) is 4.90 Å². The van der Waals surface area contributed by atoms with Crippen molar-refractivity contribution in [3.8, 4) is 0 Å². The fourth-order valence-electron chi connectivity index (χ4n) is 2.62. The Morgan fingerprint density at radius 3 is 2.26 bits per heavy atom. The van der Waals surface area contributed by atoms with Crippen molar-refractivity contribution in [1.29, 1.82) is 0 Å². The van der Waals surface area contributed by atoms with Crippen LogP contribution in [0, 0.1) is 0 Å². The summed E-state index contributed by atoms with van der Waals surface area (Å²) in [7, 11) is 0. The van der Waals surface area contributed by atoms with E-state index in [-0.39, 0.29) is 5.91 Å². The number of carbonyl (C=O) groups excluding carboxylic acids is 1. The molecule has 2 nitrogen and oxygen atoms in total. The maximum atomic E-state index is 12.0. The van der Waals surface area contributed by atoms with E-state index in [0.717, 1.165) is 19.5 Å². The second-order valence-corrected chi connectivity index (χ2v) is 5.70. The Balaban J connectivity index is 2.05. The van der Waals surface area contributed by atoms with Gasteiger partial charge < -0.3 is 4.90 Å². The lowest BCUT2D eigenvalue weighted by atomic mass is 10.1. The Morgan fingerprint density at radius 1 is 0.947 bits per heavy atom. The van der Waals surface area contributed by atoms with Crippen LogP contribution >= 0.6 is 0 Å². The SMILES string of the molecule is CCCCCCCC/C=C/C(=O)N1CCCCCC1. The topological polar surface area (TPSA) is 20.3 Å². The van der Waals surface area contributed by atoms with E-state index < -0.39 is 0 Å².